The summed E-state index contributed by atoms with van der Waals surface area (Å²) in [7, 11) is 0. The smallest absolute Gasteiger partial charge is 0.283 e. The Morgan fingerprint density at radius 3 is 2.48 bits per heavy atom. The molecular weight excluding hydrogens is 294 g/mol. The Morgan fingerprint density at radius 1 is 1.24 bits per heavy atom. The van der Waals surface area contributed by atoms with E-state index in [4.69, 9.17) is 16.9 Å². The number of hydrogen-bond donors (Lipinski definition) is 1. The van der Waals surface area contributed by atoms with Gasteiger partial charge in [-0.2, -0.15) is 5.26 Å². The molecule has 0 aliphatic heterocycles. The van der Waals surface area contributed by atoms with Crippen molar-refractivity contribution in [1.82, 2.24) is 0 Å². The first-order valence-corrected chi connectivity index (χ1v) is 6.14. The van der Waals surface area contributed by atoms with Gasteiger partial charge in [0.25, 0.3) is 11.6 Å². The average Bonchev–Trinajstić information content (AvgIpc) is 2.48. The highest BCUT2D eigenvalue weighted by Gasteiger charge is 2.20. The molecule has 1 amide bonds. The number of benzene rings is 2. The molecular formula is C14H8ClN3O3. The minimum atomic E-state index is -0.697. The molecule has 1 N–H and O–H groups in total. The molecule has 0 saturated heterocycles. The van der Waals surface area contributed by atoms with Crippen LogP contribution in [0.3, 0.4) is 0 Å². The van der Waals surface area contributed by atoms with Crippen LogP contribution in [0.5, 0.6) is 0 Å². The summed E-state index contributed by atoms with van der Waals surface area (Å²) in [6.07, 6.45) is 0. The van der Waals surface area contributed by atoms with Crippen molar-refractivity contribution in [2.75, 3.05) is 5.32 Å². The molecule has 0 aliphatic carbocycles. The van der Waals surface area contributed by atoms with Gasteiger partial charge in [-0.3, -0.25) is 14.9 Å². The summed E-state index contributed by atoms with van der Waals surface area (Å²) in [5.41, 5.74) is 0.0438. The Kier molecular flexibility index (Phi) is 4.16. The predicted molar refractivity (Wildman–Crippen MR) is 77.2 cm³/mol. The van der Waals surface area contributed by atoms with Crippen molar-refractivity contribution in [3.63, 3.8) is 0 Å². The molecule has 21 heavy (non-hydrogen) atoms. The van der Waals surface area contributed by atoms with E-state index in [0.29, 0.717) is 10.7 Å². The van der Waals surface area contributed by atoms with Crippen LogP contribution in [0.15, 0.2) is 42.5 Å². The van der Waals surface area contributed by atoms with Gasteiger partial charge in [0.05, 0.1) is 16.6 Å². The molecule has 0 aliphatic rings. The van der Waals surface area contributed by atoms with Gasteiger partial charge in [0.1, 0.15) is 5.56 Å². The lowest BCUT2D eigenvalue weighted by Gasteiger charge is -2.06. The Bertz CT molecular complexity index is 751. The van der Waals surface area contributed by atoms with E-state index in [1.54, 1.807) is 30.3 Å². The third kappa shape index (κ3) is 3.35. The zero-order chi connectivity index (χ0) is 15.4. The van der Waals surface area contributed by atoms with Gasteiger partial charge in [0, 0.05) is 16.8 Å². The Balaban J connectivity index is 2.33. The van der Waals surface area contributed by atoms with Crippen LogP contribution in [0.25, 0.3) is 0 Å². The maximum atomic E-state index is 12.1. The Labute approximate surface area is 124 Å². The number of nitrogens with one attached hydrogen (secondary N) is 1. The lowest BCUT2D eigenvalue weighted by atomic mass is 10.1. The molecule has 104 valence electrons. The van der Waals surface area contributed by atoms with Gasteiger partial charge in [-0.15, -0.1) is 0 Å². The highest BCUT2D eigenvalue weighted by Crippen LogP contribution is 2.22. The lowest BCUT2D eigenvalue weighted by Crippen LogP contribution is -2.14. The zero-order valence-electron chi connectivity index (χ0n) is 10.5. The van der Waals surface area contributed by atoms with Crippen LogP contribution in [0, 0.1) is 21.4 Å². The number of nitriles is 1. The summed E-state index contributed by atoms with van der Waals surface area (Å²) >= 11 is 5.73. The van der Waals surface area contributed by atoms with Crippen molar-refractivity contribution < 1.29 is 9.72 Å². The van der Waals surface area contributed by atoms with Crippen LogP contribution < -0.4 is 5.32 Å². The molecule has 6 nitrogen and oxygen atoms in total. The number of rotatable bonds is 3. The minimum absolute atomic E-state index is 0.116. The SMILES string of the molecule is N#Cc1ccc(C(=O)Nc2ccc(Cl)cc2)c([N+](=O)[O-])c1. The molecule has 0 atom stereocenters. The van der Waals surface area contributed by atoms with Gasteiger partial charge in [-0.1, -0.05) is 11.6 Å². The summed E-state index contributed by atoms with van der Waals surface area (Å²) in [4.78, 5) is 22.4. The normalized spacial score (nSPS) is 9.71. The van der Waals surface area contributed by atoms with Gasteiger partial charge in [0.2, 0.25) is 0 Å². The quantitative estimate of drug-likeness (QED) is 0.694. The van der Waals surface area contributed by atoms with Crippen molar-refractivity contribution in [1.29, 1.82) is 5.26 Å². The van der Waals surface area contributed by atoms with Gasteiger partial charge in [0.15, 0.2) is 0 Å². The fourth-order valence-corrected chi connectivity index (χ4v) is 1.80. The second-order valence-corrected chi connectivity index (χ2v) is 4.50. The molecule has 0 bridgehead atoms. The number of carbonyl (C=O) groups excluding carboxylic acids is 1. The number of nitrogens with zero attached hydrogens (tertiary/aromatic N) is 2. The van der Waals surface area contributed by atoms with Crippen LogP contribution in [0.1, 0.15) is 15.9 Å². The molecule has 0 unspecified atom stereocenters. The predicted octanol–water partition coefficient (Wildman–Crippen LogP) is 3.37. The number of anilines is 1. The minimum Gasteiger partial charge on any atom is -0.322 e. The van der Waals surface area contributed by atoms with Gasteiger partial charge < -0.3 is 5.32 Å². The maximum Gasteiger partial charge on any atom is 0.283 e. The van der Waals surface area contributed by atoms with E-state index in [1.165, 1.54) is 12.1 Å². The highest BCUT2D eigenvalue weighted by atomic mass is 35.5. The van der Waals surface area contributed by atoms with Gasteiger partial charge in [-0.25, -0.2) is 0 Å². The van der Waals surface area contributed by atoms with Crippen molar-refractivity contribution in [3.05, 3.63) is 68.7 Å². The summed E-state index contributed by atoms with van der Waals surface area (Å²) in [5, 5.41) is 22.8. The van der Waals surface area contributed by atoms with Gasteiger partial charge in [-0.05, 0) is 36.4 Å². The largest absolute Gasteiger partial charge is 0.322 e. The number of amides is 1. The van der Waals surface area contributed by atoms with Crippen LogP contribution in [-0.4, -0.2) is 10.8 Å². The summed E-state index contributed by atoms with van der Waals surface area (Å²) < 4.78 is 0. The van der Waals surface area contributed by atoms with Crippen molar-refractivity contribution in [2.45, 2.75) is 0 Å². The molecule has 2 aromatic rings. The van der Waals surface area contributed by atoms with E-state index >= 15 is 0 Å². The van der Waals surface area contributed by atoms with Crippen molar-refractivity contribution >= 4 is 28.9 Å². The van der Waals surface area contributed by atoms with E-state index < -0.39 is 16.5 Å². The molecule has 2 rings (SSSR count). The summed E-state index contributed by atoms with van der Waals surface area (Å²) in [6, 6.07) is 11.8. The van der Waals surface area contributed by atoms with E-state index in [2.05, 4.69) is 5.32 Å². The standard InChI is InChI=1S/C14H8ClN3O3/c15-10-2-4-11(5-3-10)17-14(19)12-6-1-9(8-16)7-13(12)18(20)21/h1-7H,(H,17,19). The lowest BCUT2D eigenvalue weighted by molar-refractivity contribution is -0.385. The van der Waals surface area contributed by atoms with Crippen LogP contribution >= 0.6 is 11.6 Å². The fraction of sp³-hybridized carbons (Fsp3) is 0. The number of halogens is 1. The van der Waals surface area contributed by atoms with E-state index in [1.807, 2.05) is 0 Å². The molecule has 7 heteroatoms. The average molecular weight is 302 g/mol. The van der Waals surface area contributed by atoms with Gasteiger partial charge >= 0.3 is 0 Å². The fourth-order valence-electron chi connectivity index (χ4n) is 1.68. The topological polar surface area (TPSA) is 96.0 Å². The number of nitro benzene ring substituents is 1. The molecule has 0 fully saturated rings. The third-order valence-electron chi connectivity index (χ3n) is 2.67. The maximum absolute atomic E-state index is 12.1. The number of hydrogen-bond acceptors (Lipinski definition) is 4. The van der Waals surface area contributed by atoms with Crippen molar-refractivity contribution in [3.8, 4) is 6.07 Å². The summed E-state index contributed by atoms with van der Waals surface area (Å²) in [5.74, 6) is -0.631. The Hall–Kier alpha value is -2.91. The van der Waals surface area contributed by atoms with E-state index in [9.17, 15) is 14.9 Å². The Morgan fingerprint density at radius 2 is 1.90 bits per heavy atom. The first-order chi connectivity index (χ1) is 10.0. The molecule has 0 heterocycles. The van der Waals surface area contributed by atoms with Crippen LogP contribution in [0.4, 0.5) is 11.4 Å². The number of carbonyl (C=O) groups is 1. The van der Waals surface area contributed by atoms with E-state index in [0.717, 1.165) is 6.07 Å². The third-order valence-corrected chi connectivity index (χ3v) is 2.92. The first kappa shape index (κ1) is 14.5. The van der Waals surface area contributed by atoms with Crippen LogP contribution in [0.2, 0.25) is 5.02 Å². The summed E-state index contributed by atoms with van der Waals surface area (Å²) in [6.45, 7) is 0. The van der Waals surface area contributed by atoms with Crippen molar-refractivity contribution in [2.24, 2.45) is 0 Å². The molecule has 0 saturated carbocycles. The monoisotopic (exact) mass is 301 g/mol. The zero-order valence-corrected chi connectivity index (χ0v) is 11.3. The molecule has 0 spiro atoms. The van der Waals surface area contributed by atoms with E-state index in [-0.39, 0.29) is 11.1 Å². The molecule has 0 aromatic heterocycles. The first-order valence-electron chi connectivity index (χ1n) is 5.76. The molecule has 0 radical (unpaired) electrons. The second-order valence-electron chi connectivity index (χ2n) is 4.06. The van der Waals surface area contributed by atoms with Crippen LogP contribution in [-0.2, 0) is 0 Å². The molecule has 2 aromatic carbocycles. The second kappa shape index (κ2) is 6.03. The highest BCUT2D eigenvalue weighted by molar-refractivity contribution is 6.30. The number of nitro groups is 1.